The average Bonchev–Trinajstić information content (AvgIpc) is 2.55. The first-order valence-corrected chi connectivity index (χ1v) is 8.39. The van der Waals surface area contributed by atoms with Crippen LogP contribution in [0.2, 0.25) is 0 Å². The Morgan fingerprint density at radius 2 is 1.81 bits per heavy atom. The Bertz CT molecular complexity index is 987. The summed E-state index contributed by atoms with van der Waals surface area (Å²) in [4.78, 5) is 21.3. The fourth-order valence-electron chi connectivity index (χ4n) is 2.03. The lowest BCUT2D eigenvalue weighted by Gasteiger charge is -2.10. The van der Waals surface area contributed by atoms with Gasteiger partial charge in [0, 0.05) is 22.9 Å². The van der Waals surface area contributed by atoms with E-state index in [4.69, 9.17) is 0 Å². The van der Waals surface area contributed by atoms with E-state index in [1.807, 2.05) is 0 Å². The highest BCUT2D eigenvalue weighted by atomic mass is 32.2. The fourth-order valence-corrected chi connectivity index (χ4v) is 2.83. The van der Waals surface area contributed by atoms with E-state index in [0.29, 0.717) is 11.6 Å². The Morgan fingerprint density at radius 3 is 2.38 bits per heavy atom. The largest absolute Gasteiger partial charge is 0.501 e. The Labute approximate surface area is 145 Å². The van der Waals surface area contributed by atoms with E-state index < -0.39 is 31.1 Å². The molecular weight excluding hydrogens is 377 g/mol. The number of anilines is 1. The SMILES string of the molecule is Cc1ccc(NC(=O)c2cccc(S(=O)(=O)C(F)(F)F)c2)cc1[N+](=O)[O-]. The molecule has 0 fully saturated rings. The number of nitro benzene ring substituents is 1. The molecule has 0 aromatic heterocycles. The fraction of sp³-hybridized carbons (Fsp3) is 0.133. The second-order valence-electron chi connectivity index (χ2n) is 5.19. The minimum atomic E-state index is -5.60. The van der Waals surface area contributed by atoms with Crippen LogP contribution in [0.3, 0.4) is 0 Å². The van der Waals surface area contributed by atoms with Crippen molar-refractivity contribution in [1.29, 1.82) is 0 Å². The Balaban J connectivity index is 2.34. The van der Waals surface area contributed by atoms with E-state index in [1.165, 1.54) is 19.1 Å². The molecule has 2 rings (SSSR count). The van der Waals surface area contributed by atoms with Crippen LogP contribution in [-0.2, 0) is 9.84 Å². The smallest absolute Gasteiger partial charge is 0.322 e. The van der Waals surface area contributed by atoms with Gasteiger partial charge < -0.3 is 5.32 Å². The van der Waals surface area contributed by atoms with Crippen molar-refractivity contribution >= 4 is 27.1 Å². The number of nitrogens with one attached hydrogen (secondary N) is 1. The maximum Gasteiger partial charge on any atom is 0.501 e. The summed E-state index contributed by atoms with van der Waals surface area (Å²) in [6, 6.07) is 7.26. The zero-order chi connectivity index (χ0) is 19.7. The van der Waals surface area contributed by atoms with Gasteiger partial charge in [-0.2, -0.15) is 13.2 Å². The zero-order valence-electron chi connectivity index (χ0n) is 13.1. The van der Waals surface area contributed by atoms with E-state index in [1.54, 1.807) is 0 Å². The van der Waals surface area contributed by atoms with Gasteiger partial charge in [-0.15, -0.1) is 0 Å². The first kappa shape index (κ1) is 19.4. The topological polar surface area (TPSA) is 106 Å². The van der Waals surface area contributed by atoms with E-state index >= 15 is 0 Å². The molecule has 0 spiro atoms. The highest BCUT2D eigenvalue weighted by Crippen LogP contribution is 2.30. The Morgan fingerprint density at radius 1 is 1.15 bits per heavy atom. The molecule has 0 bridgehead atoms. The molecular formula is C15H11F3N2O5S. The molecule has 7 nitrogen and oxygen atoms in total. The summed E-state index contributed by atoms with van der Waals surface area (Å²) in [5, 5.41) is 13.2. The molecule has 0 aliphatic rings. The molecule has 0 saturated carbocycles. The van der Waals surface area contributed by atoms with Gasteiger partial charge in [0.15, 0.2) is 0 Å². The maximum absolute atomic E-state index is 12.6. The molecule has 1 amide bonds. The quantitative estimate of drug-likeness (QED) is 0.638. The first-order chi connectivity index (χ1) is 11.9. The van der Waals surface area contributed by atoms with Crippen LogP contribution in [0.1, 0.15) is 15.9 Å². The number of alkyl halides is 3. The Hall–Kier alpha value is -2.95. The van der Waals surface area contributed by atoms with Crippen LogP contribution in [0.5, 0.6) is 0 Å². The number of carbonyl (C=O) groups excluding carboxylic acids is 1. The van der Waals surface area contributed by atoms with E-state index in [9.17, 15) is 36.5 Å². The van der Waals surface area contributed by atoms with Crippen molar-refractivity contribution in [3.8, 4) is 0 Å². The minimum Gasteiger partial charge on any atom is -0.322 e. The molecule has 2 aromatic carbocycles. The van der Waals surface area contributed by atoms with Crippen LogP contribution in [0, 0.1) is 17.0 Å². The summed E-state index contributed by atoms with van der Waals surface area (Å²) >= 11 is 0. The van der Waals surface area contributed by atoms with Gasteiger partial charge in [0.1, 0.15) is 0 Å². The van der Waals surface area contributed by atoms with Gasteiger partial charge in [0.05, 0.1) is 9.82 Å². The maximum atomic E-state index is 12.6. The van der Waals surface area contributed by atoms with Gasteiger partial charge in [-0.1, -0.05) is 12.1 Å². The number of amides is 1. The number of benzene rings is 2. The predicted molar refractivity (Wildman–Crippen MR) is 85.5 cm³/mol. The molecule has 26 heavy (non-hydrogen) atoms. The monoisotopic (exact) mass is 388 g/mol. The molecule has 2 aromatic rings. The number of aryl methyl sites for hydroxylation is 1. The average molecular weight is 388 g/mol. The summed E-state index contributed by atoms with van der Waals surface area (Å²) < 4.78 is 60.6. The first-order valence-electron chi connectivity index (χ1n) is 6.91. The van der Waals surface area contributed by atoms with Gasteiger partial charge in [0.25, 0.3) is 21.4 Å². The lowest BCUT2D eigenvalue weighted by Crippen LogP contribution is -2.23. The van der Waals surface area contributed by atoms with Crippen molar-refractivity contribution in [2.75, 3.05) is 5.32 Å². The van der Waals surface area contributed by atoms with Gasteiger partial charge in [-0.25, -0.2) is 8.42 Å². The highest BCUT2D eigenvalue weighted by molar-refractivity contribution is 7.92. The second kappa shape index (κ2) is 6.75. The van der Waals surface area contributed by atoms with E-state index in [0.717, 1.165) is 24.3 Å². The molecule has 11 heteroatoms. The molecule has 0 aliphatic carbocycles. The summed E-state index contributed by atoms with van der Waals surface area (Å²) in [7, 11) is -5.60. The number of nitrogens with zero attached hydrogens (tertiary/aromatic N) is 1. The van der Waals surface area contributed by atoms with Gasteiger partial charge in [0.2, 0.25) is 0 Å². The predicted octanol–water partition coefficient (Wildman–Crippen LogP) is 3.45. The number of rotatable bonds is 4. The van der Waals surface area contributed by atoms with Gasteiger partial charge in [-0.3, -0.25) is 14.9 Å². The van der Waals surface area contributed by atoms with Crippen molar-refractivity contribution in [1.82, 2.24) is 0 Å². The number of carbonyl (C=O) groups is 1. The molecule has 0 unspecified atom stereocenters. The summed E-state index contributed by atoms with van der Waals surface area (Å²) in [5.74, 6) is -0.914. The summed E-state index contributed by atoms with van der Waals surface area (Å²) in [5.41, 5.74) is -5.71. The molecule has 138 valence electrons. The number of halogens is 3. The molecule has 1 N–H and O–H groups in total. The third-order valence-corrected chi connectivity index (χ3v) is 4.86. The van der Waals surface area contributed by atoms with Crippen LogP contribution in [0.15, 0.2) is 47.4 Å². The van der Waals surface area contributed by atoms with E-state index in [-0.39, 0.29) is 16.9 Å². The van der Waals surface area contributed by atoms with Crippen LogP contribution in [-0.4, -0.2) is 24.8 Å². The zero-order valence-corrected chi connectivity index (χ0v) is 13.9. The second-order valence-corrected chi connectivity index (χ2v) is 7.13. The van der Waals surface area contributed by atoms with Crippen molar-refractivity contribution < 1.29 is 31.3 Å². The Kier molecular flexibility index (Phi) is 5.03. The van der Waals surface area contributed by atoms with E-state index in [2.05, 4.69) is 5.32 Å². The molecule has 0 heterocycles. The summed E-state index contributed by atoms with van der Waals surface area (Å²) in [6.45, 7) is 1.50. The van der Waals surface area contributed by atoms with Crippen molar-refractivity contribution in [2.24, 2.45) is 0 Å². The highest BCUT2D eigenvalue weighted by Gasteiger charge is 2.46. The van der Waals surface area contributed by atoms with Crippen molar-refractivity contribution in [3.63, 3.8) is 0 Å². The lowest BCUT2D eigenvalue weighted by molar-refractivity contribution is -0.385. The van der Waals surface area contributed by atoms with Crippen LogP contribution in [0.25, 0.3) is 0 Å². The standard InChI is InChI=1S/C15H11F3N2O5S/c1-9-5-6-11(8-13(9)20(22)23)19-14(21)10-3-2-4-12(7-10)26(24,25)15(16,17)18/h2-8H,1H3,(H,19,21). The van der Waals surface area contributed by atoms with Gasteiger partial charge in [-0.05, 0) is 31.2 Å². The normalized spacial score (nSPS) is 11.8. The number of hydrogen-bond donors (Lipinski definition) is 1. The van der Waals surface area contributed by atoms with Crippen LogP contribution < -0.4 is 5.32 Å². The summed E-state index contributed by atoms with van der Waals surface area (Å²) in [6.07, 6.45) is 0. The lowest BCUT2D eigenvalue weighted by atomic mass is 10.1. The van der Waals surface area contributed by atoms with Crippen LogP contribution in [0.4, 0.5) is 24.5 Å². The molecule has 0 aliphatic heterocycles. The molecule has 0 atom stereocenters. The number of sulfone groups is 1. The van der Waals surface area contributed by atoms with Gasteiger partial charge >= 0.3 is 5.51 Å². The third kappa shape index (κ3) is 3.82. The molecule has 0 radical (unpaired) electrons. The molecule has 0 saturated heterocycles. The third-order valence-electron chi connectivity index (χ3n) is 3.37. The van der Waals surface area contributed by atoms with Crippen LogP contribution >= 0.6 is 0 Å². The van der Waals surface area contributed by atoms with Crippen molar-refractivity contribution in [2.45, 2.75) is 17.3 Å². The number of hydrogen-bond acceptors (Lipinski definition) is 5. The van der Waals surface area contributed by atoms with Crippen molar-refractivity contribution in [3.05, 3.63) is 63.7 Å². The minimum absolute atomic E-state index is 0.0383. The number of nitro groups is 1.